The van der Waals surface area contributed by atoms with Gasteiger partial charge in [0.25, 0.3) is 0 Å². The molecule has 11 aromatic carbocycles. The molecule has 0 saturated heterocycles. The first-order valence-corrected chi connectivity index (χ1v) is 39.2. The van der Waals surface area contributed by atoms with Crippen LogP contribution in [-0.2, 0) is 60.0 Å². The second kappa shape index (κ2) is 26.8. The van der Waals surface area contributed by atoms with Crippen molar-refractivity contribution in [1.29, 1.82) is 0 Å². The number of hydrogen-bond donors (Lipinski definition) is 0. The third-order valence-electron chi connectivity index (χ3n) is 26.9. The predicted octanol–water partition coefficient (Wildman–Crippen LogP) is 26.2. The highest BCUT2D eigenvalue weighted by Crippen LogP contribution is 2.61. The predicted molar refractivity (Wildman–Crippen MR) is 464 cm³/mol. The van der Waals surface area contributed by atoms with E-state index in [4.69, 9.17) is 6.85 Å². The minimum Gasteiger partial charge on any atom is -0.201 e. The summed E-state index contributed by atoms with van der Waals surface area (Å²) in [5.74, 6) is 0. The number of aryl methyl sites for hydroxylation is 6. The standard InChI is InChI=1S/2C36H36N.C34H40N/c1-23-22-37(7)32(21-30(23)25-13-9-8-10-14-25)27-18-19-29-33-28-16-12-11-15-26(28)17-20-31(33)35(3,4)36(5,6)34(29)24(27)2;1-23-19-33(37(7)22-31(23)25-13-9-8-10-14-25)28-17-18-29-30-20-26-15-11-12-16-27(26)21-32(30)35(3,4)36(5,6)34(29)24(28)2;1-22-14-15-26-27-19-24-12-10-11-13-25(24)20-28(27)33(5,6)34(7,8)31(26)30(22)29-18-23(16-17-35(29)9)21-32(2,3)4/h2*8-22H,1-7H3;10-20H,21H2,1-9H3/q3*+1/i1D3;;21D2. The molecule has 0 saturated carbocycles. The first kappa shape index (κ1) is 68.0. The molecule has 0 radical (unpaired) electrons. The van der Waals surface area contributed by atoms with Crippen LogP contribution >= 0.6 is 0 Å². The van der Waals surface area contributed by atoms with Crippen LogP contribution in [0.15, 0.2) is 249 Å². The largest absolute Gasteiger partial charge is 0.213 e. The van der Waals surface area contributed by atoms with Gasteiger partial charge in [-0.05, 0) is 253 Å². The molecule has 14 aromatic rings. The Kier molecular flexibility index (Phi) is 16.7. The van der Waals surface area contributed by atoms with E-state index >= 15 is 0 Å². The van der Waals surface area contributed by atoms with Crippen molar-refractivity contribution in [3.8, 4) is 89.4 Å². The summed E-state index contributed by atoms with van der Waals surface area (Å²) in [5.41, 5.74) is 32.7. The Balaban J connectivity index is 0.000000135. The first-order chi connectivity index (χ1) is 53.5. The van der Waals surface area contributed by atoms with Crippen LogP contribution in [0, 0.1) is 40.0 Å². The number of rotatable bonds is 6. The summed E-state index contributed by atoms with van der Waals surface area (Å²) in [7, 11) is 6.21. The highest BCUT2D eigenvalue weighted by Gasteiger charge is 2.51. The van der Waals surface area contributed by atoms with Crippen LogP contribution in [0.2, 0.25) is 0 Å². The van der Waals surface area contributed by atoms with Gasteiger partial charge in [0.1, 0.15) is 21.1 Å². The van der Waals surface area contributed by atoms with Crippen molar-refractivity contribution < 1.29 is 20.6 Å². The monoisotopic (exact) mass is 1430 g/mol. The van der Waals surface area contributed by atoms with Crippen LogP contribution in [0.1, 0.15) is 177 Å². The third kappa shape index (κ3) is 12.1. The summed E-state index contributed by atoms with van der Waals surface area (Å²) in [4.78, 5) is 0. The molecule has 17 rings (SSSR count). The molecule has 0 spiro atoms. The van der Waals surface area contributed by atoms with E-state index in [1.54, 1.807) is 6.20 Å². The van der Waals surface area contributed by atoms with Crippen LogP contribution < -0.4 is 13.7 Å². The molecule has 3 heterocycles. The summed E-state index contributed by atoms with van der Waals surface area (Å²) in [6, 6.07) is 83.1. The number of pyridine rings is 3. The Bertz CT molecular complexity index is 6240. The van der Waals surface area contributed by atoms with Crippen LogP contribution in [0.5, 0.6) is 0 Å². The molecule has 0 N–H and O–H groups in total. The van der Waals surface area contributed by atoms with E-state index in [9.17, 15) is 0 Å². The lowest BCUT2D eigenvalue weighted by Gasteiger charge is -2.49. The molecule has 3 heteroatoms. The van der Waals surface area contributed by atoms with Gasteiger partial charge in [-0.1, -0.05) is 274 Å². The van der Waals surface area contributed by atoms with E-state index in [0.717, 1.165) is 33.6 Å². The van der Waals surface area contributed by atoms with Gasteiger partial charge in [0, 0.05) is 58.8 Å². The zero-order chi connectivity index (χ0) is 81.9. The molecule has 3 nitrogen and oxygen atoms in total. The summed E-state index contributed by atoms with van der Waals surface area (Å²) >= 11 is 0. The molecule has 0 bridgehead atoms. The molecule has 0 aliphatic heterocycles. The van der Waals surface area contributed by atoms with Crippen molar-refractivity contribution in [2.24, 2.45) is 26.6 Å². The lowest BCUT2D eigenvalue weighted by molar-refractivity contribution is -0.660. The number of aromatic nitrogens is 3. The topological polar surface area (TPSA) is 11.6 Å². The highest BCUT2D eigenvalue weighted by atomic mass is 14.9. The molecular weight excluding hydrogens is 1320 g/mol. The van der Waals surface area contributed by atoms with E-state index in [0.29, 0.717) is 5.56 Å². The van der Waals surface area contributed by atoms with E-state index in [1.807, 2.05) is 75.0 Å². The minimum atomic E-state index is -2.22. The summed E-state index contributed by atoms with van der Waals surface area (Å²) in [5, 5.41) is 7.71. The molecule has 3 aromatic heterocycles. The van der Waals surface area contributed by atoms with Gasteiger partial charge in [0.15, 0.2) is 18.6 Å². The zero-order valence-corrected chi connectivity index (χ0v) is 68.5. The maximum Gasteiger partial charge on any atom is 0.213 e. The minimum absolute atomic E-state index is 0.0159. The molecule has 0 amide bonds. The zero-order valence-electron chi connectivity index (χ0n) is 73.5. The molecule has 0 fully saturated rings. The number of nitrogens with zero attached hydrogens (tertiary/aromatic N) is 3. The average Bonchev–Trinajstić information content (AvgIpc) is 0.705. The Morgan fingerprint density at radius 3 is 1.31 bits per heavy atom. The number of hydrogen-bond acceptors (Lipinski definition) is 0. The summed E-state index contributed by atoms with van der Waals surface area (Å²) in [6.07, 6.45) is 4.64. The van der Waals surface area contributed by atoms with Crippen LogP contribution in [0.3, 0.4) is 0 Å². The van der Waals surface area contributed by atoms with Crippen molar-refractivity contribution in [3.63, 3.8) is 0 Å². The molecule has 548 valence electrons. The fourth-order valence-electron chi connectivity index (χ4n) is 19.0. The second-order valence-electron chi connectivity index (χ2n) is 35.9. The van der Waals surface area contributed by atoms with Crippen molar-refractivity contribution in [3.05, 3.63) is 316 Å². The Morgan fingerprint density at radius 1 is 0.321 bits per heavy atom. The molecular formula is C106H112N3+3. The molecule has 0 atom stereocenters. The van der Waals surface area contributed by atoms with Gasteiger partial charge < -0.3 is 0 Å². The highest BCUT2D eigenvalue weighted by molar-refractivity contribution is 6.02. The summed E-state index contributed by atoms with van der Waals surface area (Å²) < 4.78 is 49.1. The average molecular weight is 1430 g/mol. The normalized spacial score (nSPS) is 16.5. The first-order valence-electron chi connectivity index (χ1n) is 41.7. The van der Waals surface area contributed by atoms with Crippen molar-refractivity contribution in [1.82, 2.24) is 0 Å². The van der Waals surface area contributed by atoms with Crippen LogP contribution in [0.25, 0.3) is 122 Å². The van der Waals surface area contributed by atoms with E-state index in [-0.39, 0.29) is 32.5 Å². The fourth-order valence-corrected chi connectivity index (χ4v) is 19.0. The van der Waals surface area contributed by atoms with Gasteiger partial charge in [-0.25, -0.2) is 13.7 Å². The van der Waals surface area contributed by atoms with Crippen molar-refractivity contribution in [2.75, 3.05) is 0 Å². The maximum atomic E-state index is 8.96. The fraction of sp³-hybridized carbons (Fsp3) is 0.292. The van der Waals surface area contributed by atoms with Gasteiger partial charge in [-0.3, -0.25) is 0 Å². The number of fused-ring (bicyclic) bond motifs is 13. The van der Waals surface area contributed by atoms with Gasteiger partial charge in [-0.15, -0.1) is 0 Å². The van der Waals surface area contributed by atoms with Crippen molar-refractivity contribution in [2.45, 2.75) is 177 Å². The van der Waals surface area contributed by atoms with Gasteiger partial charge in [0.05, 0.1) is 5.56 Å². The Morgan fingerprint density at radius 2 is 0.761 bits per heavy atom. The smallest absolute Gasteiger partial charge is 0.201 e. The second-order valence-corrected chi connectivity index (χ2v) is 35.9. The number of benzene rings is 11. The van der Waals surface area contributed by atoms with E-state index in [2.05, 4.69) is 334 Å². The lowest BCUT2D eigenvalue weighted by atomic mass is 9.54. The maximum absolute atomic E-state index is 8.96. The summed E-state index contributed by atoms with van der Waals surface area (Å²) in [6.45, 7) is 41.4. The molecule has 3 aliphatic rings. The molecule has 3 aliphatic carbocycles. The van der Waals surface area contributed by atoms with Crippen LogP contribution in [-0.4, -0.2) is 0 Å². The molecule has 109 heavy (non-hydrogen) atoms. The Labute approximate surface area is 658 Å². The van der Waals surface area contributed by atoms with E-state index < -0.39 is 18.6 Å². The van der Waals surface area contributed by atoms with Crippen molar-refractivity contribution >= 4 is 32.3 Å². The van der Waals surface area contributed by atoms with E-state index in [1.165, 1.54) is 149 Å². The van der Waals surface area contributed by atoms with Gasteiger partial charge in [0.2, 0.25) is 17.1 Å². The molecule has 0 unspecified atom stereocenters. The quantitative estimate of drug-likeness (QED) is 0.147. The Hall–Kier alpha value is -10.4. The SMILES string of the molecule is Cc1cc(-c2ccc3c(c2C)C(C)(C)C(C)(C)c2cc4ccccc4cc2-3)[n+](C)cc1-c1ccccc1.[2H]C([2H])([2H])c1c[n+](C)c(-c2ccc3c(c2C)C(C)(C)C(C)(C)c2ccc4ccccc4c2-3)cc1-c1ccccc1.[2H]C([2H])(c1cc[n+](C)c(-c2c(C)ccc3c2C(C)(C)C(C)(C)c2cc4ccccc4cc2-3)c1)C(C)(C)C. The van der Waals surface area contributed by atoms with Crippen LogP contribution in [0.4, 0.5) is 0 Å². The van der Waals surface area contributed by atoms with Gasteiger partial charge >= 0.3 is 0 Å². The van der Waals surface area contributed by atoms with Gasteiger partial charge in [-0.2, -0.15) is 0 Å². The third-order valence-corrected chi connectivity index (χ3v) is 26.9. The lowest BCUT2D eigenvalue weighted by Crippen LogP contribution is -2.44.